The summed E-state index contributed by atoms with van der Waals surface area (Å²) < 4.78 is 0. The maximum Gasteiger partial charge on any atom is 0.255 e. The summed E-state index contributed by atoms with van der Waals surface area (Å²) in [6.07, 6.45) is 1.90. The SMILES string of the molecule is CCN(C)CCCCNC(=O)c1cccc(O)c1O. The molecule has 0 aliphatic heterocycles. The number of carbonyl (C=O) groups is 1. The Morgan fingerprint density at radius 2 is 2.05 bits per heavy atom. The van der Waals surface area contributed by atoms with E-state index >= 15 is 0 Å². The van der Waals surface area contributed by atoms with Crippen molar-refractivity contribution < 1.29 is 15.0 Å². The number of amides is 1. The lowest BCUT2D eigenvalue weighted by atomic mass is 10.1. The van der Waals surface area contributed by atoms with E-state index in [1.165, 1.54) is 18.2 Å². The highest BCUT2D eigenvalue weighted by atomic mass is 16.3. The van der Waals surface area contributed by atoms with Crippen molar-refractivity contribution in [2.45, 2.75) is 19.8 Å². The molecule has 106 valence electrons. The van der Waals surface area contributed by atoms with E-state index in [1.54, 1.807) is 0 Å². The molecule has 1 aromatic carbocycles. The van der Waals surface area contributed by atoms with Gasteiger partial charge in [-0.1, -0.05) is 13.0 Å². The Bertz CT molecular complexity index is 421. The Labute approximate surface area is 113 Å². The van der Waals surface area contributed by atoms with Crippen LogP contribution in [0, 0.1) is 0 Å². The summed E-state index contributed by atoms with van der Waals surface area (Å²) in [4.78, 5) is 14.0. The van der Waals surface area contributed by atoms with Crippen molar-refractivity contribution >= 4 is 5.91 Å². The van der Waals surface area contributed by atoms with Gasteiger partial charge < -0.3 is 20.4 Å². The topological polar surface area (TPSA) is 72.8 Å². The minimum atomic E-state index is -0.370. The van der Waals surface area contributed by atoms with E-state index in [-0.39, 0.29) is 23.0 Å². The molecule has 0 aliphatic rings. The second-order valence-electron chi connectivity index (χ2n) is 4.53. The van der Waals surface area contributed by atoms with E-state index in [0.717, 1.165) is 25.9 Å². The molecule has 1 aromatic rings. The molecule has 3 N–H and O–H groups in total. The molecule has 0 aliphatic carbocycles. The number of benzene rings is 1. The Morgan fingerprint density at radius 1 is 1.32 bits per heavy atom. The molecule has 1 amide bonds. The fraction of sp³-hybridized carbons (Fsp3) is 0.500. The lowest BCUT2D eigenvalue weighted by Gasteiger charge is -2.13. The summed E-state index contributed by atoms with van der Waals surface area (Å²) in [6, 6.07) is 4.35. The summed E-state index contributed by atoms with van der Waals surface area (Å²) in [5, 5.41) is 21.6. The molecule has 0 fully saturated rings. The van der Waals surface area contributed by atoms with Crippen LogP contribution in [0.1, 0.15) is 30.1 Å². The van der Waals surface area contributed by atoms with Gasteiger partial charge in [-0.2, -0.15) is 0 Å². The van der Waals surface area contributed by atoms with Crippen LogP contribution in [0.3, 0.4) is 0 Å². The van der Waals surface area contributed by atoms with Crippen molar-refractivity contribution in [2.75, 3.05) is 26.7 Å². The zero-order valence-electron chi connectivity index (χ0n) is 11.5. The first-order valence-electron chi connectivity index (χ1n) is 6.54. The molecule has 5 heteroatoms. The van der Waals surface area contributed by atoms with Crippen LogP contribution in [0.25, 0.3) is 0 Å². The van der Waals surface area contributed by atoms with E-state index in [9.17, 15) is 15.0 Å². The number of carbonyl (C=O) groups excluding carboxylic acids is 1. The van der Waals surface area contributed by atoms with Crippen molar-refractivity contribution in [2.24, 2.45) is 0 Å². The molecule has 0 saturated heterocycles. The summed E-state index contributed by atoms with van der Waals surface area (Å²) in [5.41, 5.74) is 0.102. The number of nitrogens with zero attached hydrogens (tertiary/aromatic N) is 1. The first kappa shape index (κ1) is 15.3. The highest BCUT2D eigenvalue weighted by Gasteiger charge is 2.12. The zero-order valence-corrected chi connectivity index (χ0v) is 11.5. The number of phenols is 2. The average Bonchev–Trinajstić information content (AvgIpc) is 2.40. The standard InChI is InChI=1S/C14H22N2O3/c1-3-16(2)10-5-4-9-15-14(19)11-7-6-8-12(17)13(11)18/h6-8,17-18H,3-5,9-10H2,1-2H3,(H,15,19). The number of hydrogen-bond acceptors (Lipinski definition) is 4. The zero-order chi connectivity index (χ0) is 14.3. The summed E-state index contributed by atoms with van der Waals surface area (Å²) >= 11 is 0. The number of phenolic OH excluding ortho intramolecular Hbond substituents is 2. The van der Waals surface area contributed by atoms with Crippen molar-refractivity contribution in [3.05, 3.63) is 23.8 Å². The van der Waals surface area contributed by atoms with Gasteiger partial charge in [0.15, 0.2) is 11.5 Å². The minimum absolute atomic E-state index is 0.102. The lowest BCUT2D eigenvalue weighted by Crippen LogP contribution is -2.25. The molecular formula is C14H22N2O3. The van der Waals surface area contributed by atoms with Crippen LogP contribution < -0.4 is 5.32 Å². The lowest BCUT2D eigenvalue weighted by molar-refractivity contribution is 0.0949. The van der Waals surface area contributed by atoms with Gasteiger partial charge in [-0.15, -0.1) is 0 Å². The Morgan fingerprint density at radius 3 is 2.74 bits per heavy atom. The van der Waals surface area contributed by atoms with Gasteiger partial charge in [0, 0.05) is 6.54 Å². The first-order chi connectivity index (χ1) is 9.06. The monoisotopic (exact) mass is 266 g/mol. The molecule has 0 heterocycles. The van der Waals surface area contributed by atoms with Crippen LogP contribution in [0.2, 0.25) is 0 Å². The van der Waals surface area contributed by atoms with E-state index in [4.69, 9.17) is 0 Å². The number of para-hydroxylation sites is 1. The Kier molecular flexibility index (Phi) is 6.15. The average molecular weight is 266 g/mol. The van der Waals surface area contributed by atoms with E-state index in [0.29, 0.717) is 6.54 Å². The number of rotatable bonds is 7. The normalized spacial score (nSPS) is 10.7. The molecule has 0 saturated carbocycles. The quantitative estimate of drug-likeness (QED) is 0.517. The largest absolute Gasteiger partial charge is 0.504 e. The van der Waals surface area contributed by atoms with Gasteiger partial charge in [-0.25, -0.2) is 0 Å². The molecule has 0 unspecified atom stereocenters. The molecule has 0 spiro atoms. The van der Waals surface area contributed by atoms with Crippen molar-refractivity contribution in [3.8, 4) is 11.5 Å². The van der Waals surface area contributed by atoms with Gasteiger partial charge in [0.2, 0.25) is 0 Å². The maximum atomic E-state index is 11.8. The Hall–Kier alpha value is -1.75. The summed E-state index contributed by atoms with van der Waals surface area (Å²) in [7, 11) is 2.06. The van der Waals surface area contributed by atoms with Crippen LogP contribution in [0.5, 0.6) is 11.5 Å². The number of unbranched alkanes of at least 4 members (excludes halogenated alkanes) is 1. The van der Waals surface area contributed by atoms with Gasteiger partial charge in [-0.3, -0.25) is 4.79 Å². The molecule has 1 rings (SSSR count). The first-order valence-corrected chi connectivity index (χ1v) is 6.54. The highest BCUT2D eigenvalue weighted by Crippen LogP contribution is 2.27. The van der Waals surface area contributed by atoms with Crippen molar-refractivity contribution in [1.82, 2.24) is 10.2 Å². The number of nitrogens with one attached hydrogen (secondary N) is 1. The minimum Gasteiger partial charge on any atom is -0.504 e. The molecule has 5 nitrogen and oxygen atoms in total. The van der Waals surface area contributed by atoms with Crippen LogP contribution in [-0.2, 0) is 0 Å². The van der Waals surface area contributed by atoms with Gasteiger partial charge in [0.05, 0.1) is 5.56 Å². The Balaban J connectivity index is 2.34. The smallest absolute Gasteiger partial charge is 0.255 e. The van der Waals surface area contributed by atoms with Gasteiger partial charge >= 0.3 is 0 Å². The van der Waals surface area contributed by atoms with E-state index < -0.39 is 0 Å². The fourth-order valence-electron chi connectivity index (χ4n) is 1.68. The molecule has 19 heavy (non-hydrogen) atoms. The van der Waals surface area contributed by atoms with E-state index in [1.807, 2.05) is 0 Å². The third-order valence-corrected chi connectivity index (χ3v) is 3.05. The molecular weight excluding hydrogens is 244 g/mol. The van der Waals surface area contributed by atoms with Crippen LogP contribution >= 0.6 is 0 Å². The van der Waals surface area contributed by atoms with Gasteiger partial charge in [0.25, 0.3) is 5.91 Å². The second-order valence-corrected chi connectivity index (χ2v) is 4.53. The molecule has 0 atom stereocenters. The van der Waals surface area contributed by atoms with Crippen molar-refractivity contribution in [3.63, 3.8) is 0 Å². The highest BCUT2D eigenvalue weighted by molar-refractivity contribution is 5.97. The third kappa shape index (κ3) is 4.79. The second kappa shape index (κ2) is 7.63. The van der Waals surface area contributed by atoms with Crippen LogP contribution in [0.15, 0.2) is 18.2 Å². The molecule has 0 bridgehead atoms. The fourth-order valence-corrected chi connectivity index (χ4v) is 1.68. The van der Waals surface area contributed by atoms with Crippen LogP contribution in [-0.4, -0.2) is 47.7 Å². The van der Waals surface area contributed by atoms with Crippen molar-refractivity contribution in [1.29, 1.82) is 0 Å². The molecule has 0 radical (unpaired) electrons. The van der Waals surface area contributed by atoms with Gasteiger partial charge in [0.1, 0.15) is 0 Å². The van der Waals surface area contributed by atoms with Crippen LogP contribution in [0.4, 0.5) is 0 Å². The predicted octanol–water partition coefficient (Wildman–Crippen LogP) is 1.56. The third-order valence-electron chi connectivity index (χ3n) is 3.05. The summed E-state index contributed by atoms with van der Waals surface area (Å²) in [5.74, 6) is -1.01. The predicted molar refractivity (Wildman–Crippen MR) is 74.5 cm³/mol. The number of aromatic hydroxyl groups is 2. The van der Waals surface area contributed by atoms with E-state index in [2.05, 4.69) is 24.2 Å². The van der Waals surface area contributed by atoms with Gasteiger partial charge in [-0.05, 0) is 45.1 Å². The summed E-state index contributed by atoms with van der Waals surface area (Å²) in [6.45, 7) is 4.69. The maximum absolute atomic E-state index is 11.8. The molecule has 0 aromatic heterocycles. The number of hydrogen-bond donors (Lipinski definition) is 3.